The molecular formula is C21H33N7S. The molecule has 158 valence electrons. The topological polar surface area (TPSA) is 68.7 Å². The fraction of sp³-hybridized carbons (Fsp3) is 0.571. The number of hydrogen-bond acceptors (Lipinski definition) is 6. The highest BCUT2D eigenvalue weighted by Crippen LogP contribution is 2.17. The summed E-state index contributed by atoms with van der Waals surface area (Å²) in [6.45, 7) is 12.8. The van der Waals surface area contributed by atoms with Crippen LogP contribution in [0.5, 0.6) is 0 Å². The van der Waals surface area contributed by atoms with Crippen molar-refractivity contribution in [3.05, 3.63) is 39.5 Å². The van der Waals surface area contributed by atoms with Gasteiger partial charge in [0, 0.05) is 56.8 Å². The van der Waals surface area contributed by atoms with E-state index in [-0.39, 0.29) is 0 Å². The van der Waals surface area contributed by atoms with E-state index in [2.05, 4.69) is 64.3 Å². The molecule has 0 aromatic carbocycles. The van der Waals surface area contributed by atoms with Crippen molar-refractivity contribution in [3.8, 4) is 0 Å². The highest BCUT2D eigenvalue weighted by Gasteiger charge is 2.15. The van der Waals surface area contributed by atoms with E-state index in [1.807, 2.05) is 12.3 Å². The number of aromatic nitrogens is 2. The van der Waals surface area contributed by atoms with Crippen LogP contribution in [0, 0.1) is 13.8 Å². The number of guanidine groups is 1. The molecule has 0 unspecified atom stereocenters. The van der Waals surface area contributed by atoms with Gasteiger partial charge in [0.05, 0.1) is 17.2 Å². The molecule has 8 heteroatoms. The smallest absolute Gasteiger partial charge is 0.191 e. The monoisotopic (exact) mass is 415 g/mol. The van der Waals surface area contributed by atoms with Crippen LogP contribution in [-0.2, 0) is 13.0 Å². The normalized spacial score (nSPS) is 15.6. The van der Waals surface area contributed by atoms with Crippen molar-refractivity contribution in [2.24, 2.45) is 4.99 Å². The van der Waals surface area contributed by atoms with E-state index in [0.29, 0.717) is 6.54 Å². The zero-order valence-corrected chi connectivity index (χ0v) is 18.8. The number of aliphatic imine (C=N–C) groups is 1. The van der Waals surface area contributed by atoms with Gasteiger partial charge in [0.25, 0.3) is 0 Å². The molecule has 2 aromatic heterocycles. The summed E-state index contributed by atoms with van der Waals surface area (Å²) in [6, 6.07) is 4.22. The zero-order valence-electron chi connectivity index (χ0n) is 18.0. The summed E-state index contributed by atoms with van der Waals surface area (Å²) in [7, 11) is 2.17. The van der Waals surface area contributed by atoms with E-state index >= 15 is 0 Å². The Morgan fingerprint density at radius 3 is 2.69 bits per heavy atom. The maximum atomic E-state index is 4.76. The van der Waals surface area contributed by atoms with Gasteiger partial charge in [0.1, 0.15) is 5.82 Å². The molecule has 1 saturated heterocycles. The molecule has 0 atom stereocenters. The van der Waals surface area contributed by atoms with Gasteiger partial charge >= 0.3 is 0 Å². The van der Waals surface area contributed by atoms with Gasteiger partial charge in [-0.3, -0.25) is 0 Å². The first kappa shape index (κ1) is 21.5. The lowest BCUT2D eigenvalue weighted by Gasteiger charge is -2.33. The van der Waals surface area contributed by atoms with E-state index in [1.165, 1.54) is 15.4 Å². The lowest BCUT2D eigenvalue weighted by molar-refractivity contribution is 0.312. The van der Waals surface area contributed by atoms with Crippen LogP contribution in [-0.4, -0.2) is 67.1 Å². The van der Waals surface area contributed by atoms with Crippen LogP contribution in [0.4, 0.5) is 5.82 Å². The standard InChI is InChI=1S/C21H33N7S/c1-5-22-21(24-9-7-20-26-16(2)17(3)29-20)25-15-18-6-8-23-19(14-18)28-12-10-27(4)11-13-28/h6,8,14H,5,7,9-13,15H2,1-4H3,(H2,22,24,25). The van der Waals surface area contributed by atoms with Crippen LogP contribution in [0.3, 0.4) is 0 Å². The fourth-order valence-corrected chi connectivity index (χ4v) is 4.15. The summed E-state index contributed by atoms with van der Waals surface area (Å²) in [5.41, 5.74) is 2.32. The molecule has 0 amide bonds. The maximum absolute atomic E-state index is 4.76. The Morgan fingerprint density at radius 1 is 1.21 bits per heavy atom. The van der Waals surface area contributed by atoms with Crippen molar-refractivity contribution < 1.29 is 0 Å². The molecule has 1 fully saturated rings. The molecule has 1 aliphatic rings. The molecule has 0 saturated carbocycles. The molecule has 0 bridgehead atoms. The minimum Gasteiger partial charge on any atom is -0.357 e. The highest BCUT2D eigenvalue weighted by molar-refractivity contribution is 7.11. The average Bonchev–Trinajstić information content (AvgIpc) is 3.04. The molecule has 3 heterocycles. The Labute approximate surface area is 178 Å². The number of hydrogen-bond donors (Lipinski definition) is 2. The lowest BCUT2D eigenvalue weighted by atomic mass is 10.2. The van der Waals surface area contributed by atoms with E-state index in [9.17, 15) is 0 Å². The summed E-state index contributed by atoms with van der Waals surface area (Å²) < 4.78 is 0. The number of nitrogens with zero attached hydrogens (tertiary/aromatic N) is 5. The van der Waals surface area contributed by atoms with Crippen LogP contribution in [0.1, 0.15) is 28.1 Å². The van der Waals surface area contributed by atoms with Gasteiger partial charge in [-0.15, -0.1) is 11.3 Å². The quantitative estimate of drug-likeness (QED) is 0.534. The minimum absolute atomic E-state index is 0.633. The van der Waals surface area contributed by atoms with E-state index < -0.39 is 0 Å². The number of aryl methyl sites for hydroxylation is 2. The minimum atomic E-state index is 0.633. The summed E-state index contributed by atoms with van der Waals surface area (Å²) >= 11 is 1.78. The third kappa shape index (κ3) is 6.40. The van der Waals surface area contributed by atoms with Crippen LogP contribution >= 0.6 is 11.3 Å². The van der Waals surface area contributed by atoms with Gasteiger partial charge in [0.15, 0.2) is 5.96 Å². The van der Waals surface area contributed by atoms with Gasteiger partial charge in [-0.05, 0) is 45.5 Å². The number of pyridine rings is 1. The molecule has 3 rings (SSSR count). The summed E-state index contributed by atoms with van der Waals surface area (Å²) in [4.78, 5) is 19.9. The number of likely N-dealkylation sites (N-methyl/N-ethyl adjacent to an activating group) is 1. The van der Waals surface area contributed by atoms with Crippen LogP contribution in [0.25, 0.3) is 0 Å². The molecule has 7 nitrogen and oxygen atoms in total. The Balaban J connectivity index is 1.55. The molecule has 2 aromatic rings. The second-order valence-electron chi connectivity index (χ2n) is 7.43. The first-order valence-corrected chi connectivity index (χ1v) is 11.2. The maximum Gasteiger partial charge on any atom is 0.191 e. The predicted octanol–water partition coefficient (Wildman–Crippen LogP) is 2.20. The summed E-state index contributed by atoms with van der Waals surface area (Å²) in [5, 5.41) is 7.93. The Morgan fingerprint density at radius 2 is 2.00 bits per heavy atom. The molecule has 29 heavy (non-hydrogen) atoms. The zero-order chi connectivity index (χ0) is 20.6. The lowest BCUT2D eigenvalue weighted by Crippen LogP contribution is -2.44. The van der Waals surface area contributed by atoms with Crippen molar-refractivity contribution in [3.63, 3.8) is 0 Å². The van der Waals surface area contributed by atoms with Crippen LogP contribution < -0.4 is 15.5 Å². The Hall–Kier alpha value is -2.19. The number of anilines is 1. The first-order valence-electron chi connectivity index (χ1n) is 10.4. The number of thiazole rings is 1. The van der Waals surface area contributed by atoms with Gasteiger partial charge in [-0.25, -0.2) is 15.0 Å². The summed E-state index contributed by atoms with van der Waals surface area (Å²) in [6.07, 6.45) is 2.80. The van der Waals surface area contributed by atoms with Crippen molar-refractivity contribution in [1.82, 2.24) is 25.5 Å². The Bertz CT molecular complexity index is 790. The fourth-order valence-electron chi connectivity index (χ4n) is 3.21. The second kappa shape index (κ2) is 10.5. The molecule has 0 spiro atoms. The SMILES string of the molecule is CCNC(=NCc1ccnc(N2CCN(C)CC2)c1)NCCc1nc(C)c(C)s1. The van der Waals surface area contributed by atoms with Crippen molar-refractivity contribution in [2.75, 3.05) is 51.2 Å². The Kier molecular flexibility index (Phi) is 7.83. The third-order valence-corrected chi connectivity index (χ3v) is 6.24. The van der Waals surface area contributed by atoms with Crippen molar-refractivity contribution in [2.45, 2.75) is 33.7 Å². The van der Waals surface area contributed by atoms with Gasteiger partial charge in [-0.1, -0.05) is 0 Å². The van der Waals surface area contributed by atoms with E-state index in [0.717, 1.165) is 63.2 Å². The van der Waals surface area contributed by atoms with Crippen molar-refractivity contribution in [1.29, 1.82) is 0 Å². The van der Waals surface area contributed by atoms with Crippen molar-refractivity contribution >= 4 is 23.1 Å². The molecule has 0 radical (unpaired) electrons. The van der Waals surface area contributed by atoms with Crippen LogP contribution in [0.15, 0.2) is 23.3 Å². The largest absolute Gasteiger partial charge is 0.357 e. The second-order valence-corrected chi connectivity index (χ2v) is 8.72. The molecule has 2 N–H and O–H groups in total. The highest BCUT2D eigenvalue weighted by atomic mass is 32.1. The molecule has 1 aliphatic heterocycles. The van der Waals surface area contributed by atoms with Gasteiger partial charge < -0.3 is 20.4 Å². The van der Waals surface area contributed by atoms with E-state index in [1.54, 1.807) is 11.3 Å². The summed E-state index contributed by atoms with van der Waals surface area (Å²) in [5.74, 6) is 1.90. The molecule has 0 aliphatic carbocycles. The van der Waals surface area contributed by atoms with Gasteiger partial charge in [-0.2, -0.15) is 0 Å². The predicted molar refractivity (Wildman–Crippen MR) is 122 cm³/mol. The number of piperazine rings is 1. The van der Waals surface area contributed by atoms with E-state index in [4.69, 9.17) is 4.99 Å². The first-order chi connectivity index (χ1) is 14.0. The number of nitrogens with one attached hydrogen (secondary N) is 2. The van der Waals surface area contributed by atoms with Gasteiger partial charge in [0.2, 0.25) is 0 Å². The third-order valence-electron chi connectivity index (χ3n) is 5.11. The average molecular weight is 416 g/mol. The number of rotatable bonds is 7. The molecular weight excluding hydrogens is 382 g/mol. The van der Waals surface area contributed by atoms with Crippen LogP contribution in [0.2, 0.25) is 0 Å².